The summed E-state index contributed by atoms with van der Waals surface area (Å²) in [5, 5.41) is 4.98. The Balaban J connectivity index is 0.935. The normalized spacial score (nSPS) is 22.5. The molecule has 2 aromatic heterocycles. The van der Waals surface area contributed by atoms with Crippen molar-refractivity contribution < 1.29 is 28.6 Å². The number of fused-ring (bicyclic) bond motifs is 1. The molecule has 12 heteroatoms. The summed E-state index contributed by atoms with van der Waals surface area (Å²) in [6.45, 7) is 6.18. The summed E-state index contributed by atoms with van der Waals surface area (Å²) in [5.41, 5.74) is 4.58. The molecule has 3 amide bonds. The molecular weight excluding hydrogens is 709 g/mol. The van der Waals surface area contributed by atoms with E-state index >= 15 is 0 Å². The van der Waals surface area contributed by atoms with Crippen LogP contribution in [0.15, 0.2) is 54.7 Å². The minimum Gasteiger partial charge on any atom is -0.453 e. The molecular formula is C44H52N6O6. The molecule has 6 heterocycles. The number of nitrogens with zero attached hydrogens (tertiary/aromatic N) is 3. The lowest BCUT2D eigenvalue weighted by molar-refractivity contribution is -0.137. The van der Waals surface area contributed by atoms with Crippen molar-refractivity contribution in [2.24, 2.45) is 17.8 Å². The van der Waals surface area contributed by atoms with Crippen molar-refractivity contribution >= 4 is 28.7 Å². The highest BCUT2D eigenvalue weighted by molar-refractivity contribution is 5.88. The van der Waals surface area contributed by atoms with Gasteiger partial charge in [0.15, 0.2) is 0 Å². The molecule has 294 valence electrons. The number of methoxy groups -OCH3 is 1. The Kier molecular flexibility index (Phi) is 11.4. The van der Waals surface area contributed by atoms with Crippen LogP contribution in [0, 0.1) is 29.6 Å². The van der Waals surface area contributed by atoms with Crippen molar-refractivity contribution in [3.63, 3.8) is 0 Å². The number of benzene rings is 2. The number of amides is 3. The number of H-pyrrole nitrogens is 2. The highest BCUT2D eigenvalue weighted by atomic mass is 16.5. The number of aromatic nitrogens is 3. The van der Waals surface area contributed by atoms with Crippen molar-refractivity contribution in [2.45, 2.75) is 76.4 Å². The summed E-state index contributed by atoms with van der Waals surface area (Å²) in [5.74, 6) is 8.19. The van der Waals surface area contributed by atoms with Gasteiger partial charge in [0.25, 0.3) is 0 Å². The van der Waals surface area contributed by atoms with Gasteiger partial charge >= 0.3 is 6.09 Å². The Labute approximate surface area is 328 Å². The summed E-state index contributed by atoms with van der Waals surface area (Å²) in [6, 6.07) is 15.7. The van der Waals surface area contributed by atoms with Crippen LogP contribution in [0.2, 0.25) is 0 Å². The monoisotopic (exact) mass is 760 g/mol. The van der Waals surface area contributed by atoms with E-state index < -0.39 is 12.1 Å². The molecule has 3 N–H and O–H groups in total. The first kappa shape index (κ1) is 37.8. The molecule has 4 aliphatic rings. The Bertz CT molecular complexity index is 2100. The van der Waals surface area contributed by atoms with Gasteiger partial charge in [0.1, 0.15) is 11.9 Å². The van der Waals surface area contributed by atoms with Gasteiger partial charge < -0.3 is 39.3 Å². The van der Waals surface area contributed by atoms with Gasteiger partial charge in [-0.3, -0.25) is 9.59 Å². The first-order valence-corrected chi connectivity index (χ1v) is 20.2. The molecule has 0 bridgehead atoms. The molecule has 4 aromatic rings. The van der Waals surface area contributed by atoms with Crippen LogP contribution < -0.4 is 5.32 Å². The lowest BCUT2D eigenvalue weighted by Gasteiger charge is -2.34. The molecule has 4 aliphatic heterocycles. The molecule has 2 aromatic carbocycles. The van der Waals surface area contributed by atoms with Gasteiger partial charge in [0.05, 0.1) is 30.6 Å². The first-order chi connectivity index (χ1) is 27.3. The average molecular weight is 761 g/mol. The molecule has 0 spiro atoms. The van der Waals surface area contributed by atoms with Crippen molar-refractivity contribution in [3.8, 4) is 23.1 Å². The standard InChI is InChI=1S/C44H52N6O6/c1-28-22-39(50(27-28)43(52)41(48-44(53)54-2)31-15-20-56-21-16-31)42-45-26-37(47-42)34-9-8-32-23-29(5-7-33(32)25-34)6-10-35-11-12-36(46-35)38-4-3-17-49(38)40(51)24-30-13-18-55-19-14-30/h5,7-9,11-12,23,25-26,28,30-31,38-39,41,46H,3-4,13-22,24,27H2,1-2H3,(H,45,47)(H,48,53)/t28-,38-,39-,41-/m0/s1. The SMILES string of the molecule is COC(=O)N[C@H](C(=O)N1C[C@@H](C)C[C@H]1c1nc(-c2ccc3cc(C#Cc4ccc([C@@H]5CCCN5C(=O)CC5CCOCC5)[nH]4)ccc3c2)c[nH]1)C1CCOCC1. The average Bonchev–Trinajstić information content (AvgIpc) is 4.06. The van der Waals surface area contributed by atoms with E-state index in [1.807, 2.05) is 23.2 Å². The largest absolute Gasteiger partial charge is 0.453 e. The zero-order valence-electron chi connectivity index (χ0n) is 32.4. The highest BCUT2D eigenvalue weighted by Crippen LogP contribution is 2.37. The van der Waals surface area contributed by atoms with Crippen LogP contribution in [0.5, 0.6) is 0 Å². The van der Waals surface area contributed by atoms with Crippen molar-refractivity contribution in [3.05, 3.63) is 77.5 Å². The van der Waals surface area contributed by atoms with E-state index in [0.29, 0.717) is 44.9 Å². The number of ether oxygens (including phenoxy) is 3. The van der Waals surface area contributed by atoms with E-state index in [9.17, 15) is 14.4 Å². The maximum atomic E-state index is 14.1. The van der Waals surface area contributed by atoms with E-state index in [0.717, 1.165) is 96.7 Å². The number of imidazole rings is 1. The molecule has 0 aliphatic carbocycles. The van der Waals surface area contributed by atoms with Crippen LogP contribution in [0.4, 0.5) is 4.79 Å². The number of rotatable bonds is 8. The number of hydrogen-bond donors (Lipinski definition) is 3. The molecule has 8 rings (SSSR count). The summed E-state index contributed by atoms with van der Waals surface area (Å²) in [6.07, 6.45) is 7.99. The maximum absolute atomic E-state index is 14.1. The van der Waals surface area contributed by atoms with Crippen LogP contribution in [-0.2, 0) is 23.8 Å². The highest BCUT2D eigenvalue weighted by Gasteiger charge is 2.42. The molecule has 4 atom stereocenters. The van der Waals surface area contributed by atoms with E-state index in [4.69, 9.17) is 19.2 Å². The second-order valence-corrected chi connectivity index (χ2v) is 15.9. The quantitative estimate of drug-likeness (QED) is 0.174. The Morgan fingerprint density at radius 2 is 1.70 bits per heavy atom. The minimum atomic E-state index is -0.684. The molecule has 12 nitrogen and oxygen atoms in total. The van der Waals surface area contributed by atoms with Gasteiger partial charge in [-0.25, -0.2) is 9.78 Å². The van der Waals surface area contributed by atoms with Crippen LogP contribution in [-0.4, -0.2) is 95.3 Å². The van der Waals surface area contributed by atoms with Crippen LogP contribution in [0.25, 0.3) is 22.0 Å². The second-order valence-electron chi connectivity index (χ2n) is 15.9. The van der Waals surface area contributed by atoms with Crippen molar-refractivity contribution in [1.82, 2.24) is 30.1 Å². The summed E-state index contributed by atoms with van der Waals surface area (Å²) >= 11 is 0. The fourth-order valence-electron chi connectivity index (χ4n) is 9.00. The van der Waals surface area contributed by atoms with E-state index in [2.05, 4.69) is 75.3 Å². The Morgan fingerprint density at radius 3 is 2.50 bits per heavy atom. The van der Waals surface area contributed by atoms with Gasteiger partial charge in [0.2, 0.25) is 11.8 Å². The van der Waals surface area contributed by atoms with Gasteiger partial charge in [-0.1, -0.05) is 31.0 Å². The van der Waals surface area contributed by atoms with E-state index in [1.165, 1.54) is 7.11 Å². The third-order valence-electron chi connectivity index (χ3n) is 12.1. The Morgan fingerprint density at radius 1 is 0.929 bits per heavy atom. The van der Waals surface area contributed by atoms with Crippen LogP contribution >= 0.6 is 0 Å². The first-order valence-electron chi connectivity index (χ1n) is 20.2. The third kappa shape index (κ3) is 8.34. The number of carbonyl (C=O) groups is 3. The van der Waals surface area contributed by atoms with Crippen molar-refractivity contribution in [2.75, 3.05) is 46.6 Å². The number of aromatic amines is 2. The Hall–Kier alpha value is -5.12. The number of nitrogens with one attached hydrogen (secondary N) is 3. The lowest BCUT2D eigenvalue weighted by atomic mass is 9.90. The van der Waals surface area contributed by atoms with Crippen molar-refractivity contribution in [1.29, 1.82) is 0 Å². The molecule has 0 unspecified atom stereocenters. The predicted molar refractivity (Wildman–Crippen MR) is 211 cm³/mol. The summed E-state index contributed by atoms with van der Waals surface area (Å²) in [4.78, 5) is 55.4. The zero-order valence-corrected chi connectivity index (χ0v) is 32.4. The second kappa shape index (κ2) is 16.9. The van der Waals surface area contributed by atoms with E-state index in [-0.39, 0.29) is 35.7 Å². The lowest BCUT2D eigenvalue weighted by Crippen LogP contribution is -2.53. The number of hydrogen-bond acceptors (Lipinski definition) is 7. The number of alkyl carbamates (subject to hydrolysis) is 1. The number of likely N-dealkylation sites (tertiary alicyclic amines) is 2. The molecule has 4 fully saturated rings. The third-order valence-corrected chi connectivity index (χ3v) is 12.1. The number of carbonyl (C=O) groups excluding carboxylic acids is 3. The topological polar surface area (TPSA) is 142 Å². The molecule has 0 radical (unpaired) electrons. The maximum Gasteiger partial charge on any atom is 0.407 e. The fourth-order valence-corrected chi connectivity index (χ4v) is 9.00. The molecule has 0 saturated carbocycles. The van der Waals surface area contributed by atoms with Crippen LogP contribution in [0.1, 0.15) is 93.1 Å². The summed E-state index contributed by atoms with van der Waals surface area (Å²) < 4.78 is 15.9. The van der Waals surface area contributed by atoms with Gasteiger partial charge in [-0.2, -0.15) is 0 Å². The summed E-state index contributed by atoms with van der Waals surface area (Å²) in [7, 11) is 1.32. The predicted octanol–water partition coefficient (Wildman–Crippen LogP) is 6.50. The molecule has 56 heavy (non-hydrogen) atoms. The smallest absolute Gasteiger partial charge is 0.407 e. The van der Waals surface area contributed by atoms with E-state index in [1.54, 1.807) is 0 Å². The van der Waals surface area contributed by atoms with Gasteiger partial charge in [0, 0.05) is 69.0 Å². The molecule has 4 saturated heterocycles. The minimum absolute atomic E-state index is 0.0251. The van der Waals surface area contributed by atoms with Crippen LogP contribution in [0.3, 0.4) is 0 Å². The van der Waals surface area contributed by atoms with Gasteiger partial charge in [-0.15, -0.1) is 0 Å². The fraction of sp³-hybridized carbons (Fsp3) is 0.500. The zero-order chi connectivity index (χ0) is 38.6. The van der Waals surface area contributed by atoms with Gasteiger partial charge in [-0.05, 0) is 110 Å².